The molecule has 2 aromatic heterocycles. The number of carbonyl (C=O) groups excluding carboxylic acids is 1. The minimum Gasteiger partial charge on any atom is -0.356 e. The highest BCUT2D eigenvalue weighted by Crippen LogP contribution is 2.19. The van der Waals surface area contributed by atoms with Crippen molar-refractivity contribution >= 4 is 11.6 Å². The third-order valence-electron chi connectivity index (χ3n) is 5.59. The van der Waals surface area contributed by atoms with Gasteiger partial charge in [-0.3, -0.25) is 18.6 Å². The summed E-state index contributed by atoms with van der Waals surface area (Å²) >= 11 is 0. The van der Waals surface area contributed by atoms with Gasteiger partial charge in [0.1, 0.15) is 11.6 Å². The van der Waals surface area contributed by atoms with Crippen molar-refractivity contribution in [3.8, 4) is 5.69 Å². The van der Waals surface area contributed by atoms with Crippen LogP contribution in [0, 0.1) is 5.82 Å². The summed E-state index contributed by atoms with van der Waals surface area (Å²) in [5, 5.41) is 11.1. The minimum absolute atomic E-state index is 0.0266. The van der Waals surface area contributed by atoms with E-state index in [1.807, 2.05) is 0 Å². The molecular weight excluding hydrogens is 397 g/mol. The fourth-order valence-corrected chi connectivity index (χ4v) is 3.92. The van der Waals surface area contributed by atoms with Crippen LogP contribution in [0.4, 0.5) is 4.39 Å². The van der Waals surface area contributed by atoms with E-state index in [9.17, 15) is 14.0 Å². The molecule has 1 aliphatic rings. The van der Waals surface area contributed by atoms with Crippen LogP contribution in [0.15, 0.2) is 53.1 Å². The molecule has 4 rings (SSSR count). The number of hydrogen-bond donors (Lipinski definition) is 1. The number of fused-ring (bicyclic) bond motifs is 1. The molecule has 0 saturated carbocycles. The molecule has 7 nitrogen and oxygen atoms in total. The number of nitrogens with one attached hydrogen (secondary N) is 1. The summed E-state index contributed by atoms with van der Waals surface area (Å²) in [6.45, 7) is 0.679. The van der Waals surface area contributed by atoms with Crippen molar-refractivity contribution in [2.45, 2.75) is 51.4 Å². The number of nitrogens with zero attached hydrogens (tertiary/aromatic N) is 4. The zero-order valence-electron chi connectivity index (χ0n) is 17.4. The molecule has 1 aromatic carbocycles. The van der Waals surface area contributed by atoms with E-state index in [4.69, 9.17) is 0 Å². The molecule has 31 heavy (non-hydrogen) atoms. The average Bonchev–Trinajstić information content (AvgIpc) is 3.19. The highest BCUT2D eigenvalue weighted by Gasteiger charge is 2.12. The molecule has 1 N–H and O–H groups in total. The Kier molecular flexibility index (Phi) is 6.54. The average molecular weight is 423 g/mol. The van der Waals surface area contributed by atoms with Crippen LogP contribution in [0.25, 0.3) is 11.3 Å². The highest BCUT2D eigenvalue weighted by molar-refractivity contribution is 5.75. The van der Waals surface area contributed by atoms with E-state index in [0.29, 0.717) is 37.3 Å². The smallest absolute Gasteiger partial charge is 0.300 e. The Morgan fingerprint density at radius 1 is 1.16 bits per heavy atom. The van der Waals surface area contributed by atoms with Gasteiger partial charge in [0.15, 0.2) is 0 Å². The Morgan fingerprint density at radius 2 is 2.06 bits per heavy atom. The van der Waals surface area contributed by atoms with Gasteiger partial charge in [0.25, 0.3) is 0 Å². The number of hydrogen-bond acceptors (Lipinski definition) is 4. The summed E-state index contributed by atoms with van der Waals surface area (Å²) < 4.78 is 16.5. The first kappa shape index (κ1) is 21.0. The normalized spacial score (nSPS) is 13.9. The highest BCUT2D eigenvalue weighted by atomic mass is 19.1. The lowest BCUT2D eigenvalue weighted by Gasteiger charge is -2.12. The van der Waals surface area contributed by atoms with Crippen molar-refractivity contribution in [3.05, 3.63) is 70.3 Å². The van der Waals surface area contributed by atoms with Crippen molar-refractivity contribution in [3.63, 3.8) is 0 Å². The van der Waals surface area contributed by atoms with Gasteiger partial charge in [0.2, 0.25) is 11.6 Å². The van der Waals surface area contributed by atoms with E-state index in [2.05, 4.69) is 21.6 Å². The van der Waals surface area contributed by atoms with Crippen LogP contribution in [0.5, 0.6) is 0 Å². The number of amides is 1. The third-order valence-corrected chi connectivity index (χ3v) is 5.59. The molecule has 0 fully saturated rings. The molecule has 0 aliphatic heterocycles. The van der Waals surface area contributed by atoms with Crippen molar-refractivity contribution in [2.24, 2.45) is 0 Å². The van der Waals surface area contributed by atoms with E-state index in [1.54, 1.807) is 28.9 Å². The summed E-state index contributed by atoms with van der Waals surface area (Å²) in [6.07, 6.45) is 12.9. The second kappa shape index (κ2) is 9.68. The number of benzene rings is 1. The lowest BCUT2D eigenvalue weighted by atomic mass is 9.97. The van der Waals surface area contributed by atoms with Crippen molar-refractivity contribution in [1.82, 2.24) is 24.5 Å². The van der Waals surface area contributed by atoms with Gasteiger partial charge in [0.05, 0.1) is 5.69 Å². The molecule has 0 saturated heterocycles. The topological polar surface area (TPSA) is 81.3 Å². The fourth-order valence-electron chi connectivity index (χ4n) is 3.92. The summed E-state index contributed by atoms with van der Waals surface area (Å²) in [4.78, 5) is 24.8. The van der Waals surface area contributed by atoms with Crippen LogP contribution in [0.1, 0.15) is 50.8 Å². The molecule has 162 valence electrons. The molecule has 0 atom stereocenters. The van der Waals surface area contributed by atoms with Crippen molar-refractivity contribution in [2.75, 3.05) is 6.54 Å². The Hall–Kier alpha value is -3.29. The van der Waals surface area contributed by atoms with Gasteiger partial charge >= 0.3 is 5.56 Å². The van der Waals surface area contributed by atoms with Crippen LogP contribution in [-0.2, 0) is 11.2 Å². The first-order valence-corrected chi connectivity index (χ1v) is 10.8. The molecule has 3 aromatic rings. The Labute approximate surface area is 179 Å². The van der Waals surface area contributed by atoms with Crippen LogP contribution < -0.4 is 10.9 Å². The maximum Gasteiger partial charge on any atom is 0.300 e. The Bertz CT molecular complexity index is 1160. The molecule has 8 heteroatoms. The quantitative estimate of drug-likeness (QED) is 0.564. The minimum atomic E-state index is -0.417. The number of rotatable bonds is 8. The maximum absolute atomic E-state index is 13.5. The molecular formula is C23H26FN5O2. The van der Waals surface area contributed by atoms with Gasteiger partial charge in [-0.15, -0.1) is 10.2 Å². The van der Waals surface area contributed by atoms with Crippen LogP contribution in [0.3, 0.4) is 0 Å². The molecule has 0 unspecified atom stereocenters. The fraction of sp³-hybridized carbons (Fsp3) is 0.391. The Morgan fingerprint density at radius 3 is 2.87 bits per heavy atom. The van der Waals surface area contributed by atoms with Gasteiger partial charge in [-0.25, -0.2) is 4.39 Å². The molecule has 1 aliphatic carbocycles. The summed E-state index contributed by atoms with van der Waals surface area (Å²) in [5.41, 5.74) is 1.68. The lowest BCUT2D eigenvalue weighted by molar-refractivity contribution is -0.121. The standard InChI is InChI=1S/C23H26FN5O2/c24-18-8-4-9-19(16-18)28-14-15-29-20(26-27-22(29)23(28)31)10-5-11-21(30)25-13-12-17-6-2-1-3-7-17/h4,6,8-9,14-16H,1-3,5,7,10-13H2,(H,25,30). The zero-order valence-corrected chi connectivity index (χ0v) is 17.4. The summed E-state index contributed by atoms with van der Waals surface area (Å²) in [6, 6.07) is 5.82. The van der Waals surface area contributed by atoms with E-state index < -0.39 is 5.82 Å². The lowest BCUT2D eigenvalue weighted by Crippen LogP contribution is -2.24. The number of allylic oxidation sites excluding steroid dienone is 1. The predicted octanol–water partition coefficient (Wildman–Crippen LogP) is 3.35. The van der Waals surface area contributed by atoms with Gasteiger partial charge < -0.3 is 5.32 Å². The summed E-state index contributed by atoms with van der Waals surface area (Å²) in [7, 11) is 0. The van der Waals surface area contributed by atoms with Gasteiger partial charge in [-0.1, -0.05) is 17.7 Å². The maximum atomic E-state index is 13.5. The van der Waals surface area contributed by atoms with Gasteiger partial charge in [-0.05, 0) is 56.7 Å². The second-order valence-corrected chi connectivity index (χ2v) is 7.82. The Balaban J connectivity index is 1.33. The zero-order chi connectivity index (χ0) is 21.6. The van der Waals surface area contributed by atoms with E-state index in [0.717, 1.165) is 19.3 Å². The molecule has 0 radical (unpaired) electrons. The second-order valence-electron chi connectivity index (χ2n) is 7.82. The van der Waals surface area contributed by atoms with E-state index in [1.165, 1.54) is 35.1 Å². The molecule has 2 heterocycles. The van der Waals surface area contributed by atoms with Crippen LogP contribution in [-0.4, -0.2) is 31.6 Å². The third kappa shape index (κ3) is 5.07. The van der Waals surface area contributed by atoms with Gasteiger partial charge in [-0.2, -0.15) is 0 Å². The SMILES string of the molecule is O=C(CCCc1nnc2c(=O)n(-c3cccc(F)c3)ccn12)NCCC1=CCCCC1. The van der Waals surface area contributed by atoms with E-state index >= 15 is 0 Å². The van der Waals surface area contributed by atoms with Crippen LogP contribution in [0.2, 0.25) is 0 Å². The monoisotopic (exact) mass is 423 g/mol. The largest absolute Gasteiger partial charge is 0.356 e. The van der Waals surface area contributed by atoms with E-state index in [-0.39, 0.29) is 17.1 Å². The van der Waals surface area contributed by atoms with Crippen molar-refractivity contribution < 1.29 is 9.18 Å². The first-order chi connectivity index (χ1) is 15.1. The number of carbonyl (C=O) groups is 1. The number of aromatic nitrogens is 4. The predicted molar refractivity (Wildman–Crippen MR) is 116 cm³/mol. The molecule has 0 spiro atoms. The molecule has 1 amide bonds. The summed E-state index contributed by atoms with van der Waals surface area (Å²) in [5.74, 6) is 0.234. The number of aryl methyl sites for hydroxylation is 1. The first-order valence-electron chi connectivity index (χ1n) is 10.8. The van der Waals surface area contributed by atoms with Crippen molar-refractivity contribution in [1.29, 1.82) is 0 Å². The number of halogens is 1. The molecule has 0 bridgehead atoms. The van der Waals surface area contributed by atoms with Gasteiger partial charge in [0, 0.05) is 31.8 Å². The van der Waals surface area contributed by atoms with Crippen LogP contribution >= 0.6 is 0 Å².